The summed E-state index contributed by atoms with van der Waals surface area (Å²) in [5, 5.41) is 5.64. The van der Waals surface area contributed by atoms with E-state index in [0.717, 1.165) is 19.3 Å². The first-order valence-corrected chi connectivity index (χ1v) is 7.15. The van der Waals surface area contributed by atoms with Crippen LogP contribution in [0.15, 0.2) is 0 Å². The number of rotatable bonds is 4. The predicted molar refractivity (Wildman–Crippen MR) is 75.6 cm³/mol. The fourth-order valence-electron chi connectivity index (χ4n) is 2.56. The van der Waals surface area contributed by atoms with E-state index in [-0.39, 0.29) is 17.9 Å². The quantitative estimate of drug-likeness (QED) is 0.679. The molecular weight excluding hydrogens is 248 g/mol. The van der Waals surface area contributed by atoms with Gasteiger partial charge in [-0.2, -0.15) is 12.6 Å². The van der Waals surface area contributed by atoms with E-state index >= 15 is 0 Å². The van der Waals surface area contributed by atoms with Crippen LogP contribution in [0.3, 0.4) is 0 Å². The van der Waals surface area contributed by atoms with Gasteiger partial charge in [0.05, 0.1) is 0 Å². The summed E-state index contributed by atoms with van der Waals surface area (Å²) in [6, 6.07) is -0.312. The Morgan fingerprint density at radius 2 is 2.11 bits per heavy atom. The van der Waals surface area contributed by atoms with Crippen molar-refractivity contribution in [2.24, 2.45) is 5.41 Å². The summed E-state index contributed by atoms with van der Waals surface area (Å²) in [6.07, 6.45) is 4.37. The largest absolute Gasteiger partial charge is 0.352 e. The third-order valence-electron chi connectivity index (χ3n) is 3.43. The summed E-state index contributed by atoms with van der Waals surface area (Å²) in [4.78, 5) is 23.0. The first-order valence-electron chi connectivity index (χ1n) is 6.52. The van der Waals surface area contributed by atoms with Gasteiger partial charge in [0.1, 0.15) is 6.04 Å². The highest BCUT2D eigenvalue weighted by Gasteiger charge is 2.30. The van der Waals surface area contributed by atoms with Gasteiger partial charge in [0.25, 0.3) is 0 Å². The van der Waals surface area contributed by atoms with Crippen molar-refractivity contribution in [3.05, 3.63) is 0 Å². The van der Waals surface area contributed by atoms with E-state index in [9.17, 15) is 9.59 Å². The molecule has 0 aliphatic heterocycles. The fourth-order valence-corrected chi connectivity index (χ4v) is 2.82. The Labute approximate surface area is 115 Å². The molecule has 4 nitrogen and oxygen atoms in total. The van der Waals surface area contributed by atoms with Crippen LogP contribution in [0.4, 0.5) is 0 Å². The van der Waals surface area contributed by atoms with E-state index in [1.54, 1.807) is 0 Å². The van der Waals surface area contributed by atoms with Crippen molar-refractivity contribution in [1.82, 2.24) is 10.6 Å². The minimum Gasteiger partial charge on any atom is -0.352 e. The van der Waals surface area contributed by atoms with E-state index in [0.29, 0.717) is 11.2 Å². The highest BCUT2D eigenvalue weighted by atomic mass is 32.1. The summed E-state index contributed by atoms with van der Waals surface area (Å²) in [7, 11) is 0. The van der Waals surface area contributed by atoms with Crippen LogP contribution in [0, 0.1) is 5.41 Å². The molecular formula is C13H24N2O2S. The van der Waals surface area contributed by atoms with Gasteiger partial charge in [-0.3, -0.25) is 9.59 Å². The maximum Gasteiger partial charge on any atom is 0.243 e. The molecule has 2 amide bonds. The molecule has 2 atom stereocenters. The Hall–Kier alpha value is -0.710. The normalized spacial score (nSPS) is 24.1. The summed E-state index contributed by atoms with van der Waals surface area (Å²) < 4.78 is 0. The maximum absolute atomic E-state index is 12.0. The molecule has 1 aliphatic carbocycles. The van der Waals surface area contributed by atoms with E-state index < -0.39 is 6.04 Å². The molecule has 1 saturated carbocycles. The number of hydrogen-bond acceptors (Lipinski definition) is 3. The maximum atomic E-state index is 12.0. The van der Waals surface area contributed by atoms with Crippen LogP contribution >= 0.6 is 12.6 Å². The van der Waals surface area contributed by atoms with Crippen molar-refractivity contribution in [1.29, 1.82) is 0 Å². The SMILES string of the molecule is CC(=O)NC(CS)C(=O)NC1CCCC(C)(C)C1. The van der Waals surface area contributed by atoms with Crippen LogP contribution in [-0.2, 0) is 9.59 Å². The average Bonchev–Trinajstić information content (AvgIpc) is 2.23. The van der Waals surface area contributed by atoms with E-state index in [4.69, 9.17) is 0 Å². The molecule has 104 valence electrons. The average molecular weight is 272 g/mol. The molecule has 0 aromatic carbocycles. The lowest BCUT2D eigenvalue weighted by Gasteiger charge is -2.36. The van der Waals surface area contributed by atoms with Crippen LogP contribution in [-0.4, -0.2) is 29.7 Å². The van der Waals surface area contributed by atoms with Crippen molar-refractivity contribution >= 4 is 24.4 Å². The number of carbonyl (C=O) groups is 2. The Morgan fingerprint density at radius 1 is 1.44 bits per heavy atom. The Bertz CT molecular complexity index is 318. The van der Waals surface area contributed by atoms with Gasteiger partial charge in [0, 0.05) is 18.7 Å². The van der Waals surface area contributed by atoms with Gasteiger partial charge in [-0.1, -0.05) is 20.3 Å². The van der Waals surface area contributed by atoms with E-state index in [1.807, 2.05) is 0 Å². The van der Waals surface area contributed by atoms with Crippen molar-refractivity contribution < 1.29 is 9.59 Å². The van der Waals surface area contributed by atoms with Crippen LogP contribution in [0.25, 0.3) is 0 Å². The molecule has 1 rings (SSSR count). The number of thiol groups is 1. The van der Waals surface area contributed by atoms with Crippen LogP contribution in [0.2, 0.25) is 0 Å². The van der Waals surface area contributed by atoms with Gasteiger partial charge < -0.3 is 10.6 Å². The minimum absolute atomic E-state index is 0.122. The van der Waals surface area contributed by atoms with Crippen molar-refractivity contribution in [2.75, 3.05) is 5.75 Å². The Kier molecular flexibility index (Phi) is 5.50. The summed E-state index contributed by atoms with van der Waals surface area (Å²) in [5.74, 6) is -0.00212. The monoisotopic (exact) mass is 272 g/mol. The predicted octanol–water partition coefficient (Wildman–Crippen LogP) is 1.51. The third kappa shape index (κ3) is 4.88. The highest BCUT2D eigenvalue weighted by Crippen LogP contribution is 2.35. The van der Waals surface area contributed by atoms with E-state index in [1.165, 1.54) is 13.3 Å². The molecule has 0 aromatic rings. The highest BCUT2D eigenvalue weighted by molar-refractivity contribution is 7.80. The van der Waals surface area contributed by atoms with Crippen molar-refractivity contribution in [3.63, 3.8) is 0 Å². The summed E-state index contributed by atoms with van der Waals surface area (Å²) >= 11 is 4.11. The lowest BCUT2D eigenvalue weighted by Crippen LogP contribution is -2.51. The van der Waals surface area contributed by atoms with Gasteiger partial charge in [0.15, 0.2) is 0 Å². The zero-order valence-corrected chi connectivity index (χ0v) is 12.3. The number of hydrogen-bond donors (Lipinski definition) is 3. The molecule has 0 saturated heterocycles. The molecule has 18 heavy (non-hydrogen) atoms. The second-order valence-electron chi connectivity index (χ2n) is 5.90. The number of amides is 2. The smallest absolute Gasteiger partial charge is 0.243 e. The standard InChI is InChI=1S/C13H24N2O2S/c1-9(16)14-11(8-18)12(17)15-10-5-4-6-13(2,3)7-10/h10-11,18H,4-8H2,1-3H3,(H,14,16)(H,15,17). The first kappa shape index (κ1) is 15.3. The Balaban J connectivity index is 2.50. The van der Waals surface area contributed by atoms with Crippen LogP contribution < -0.4 is 10.6 Å². The summed E-state index contributed by atoms with van der Waals surface area (Å²) in [6.45, 7) is 5.87. The molecule has 1 fully saturated rings. The Morgan fingerprint density at radius 3 is 2.61 bits per heavy atom. The second-order valence-corrected chi connectivity index (χ2v) is 6.27. The summed E-state index contributed by atoms with van der Waals surface area (Å²) in [5.41, 5.74) is 0.292. The van der Waals surface area contributed by atoms with Crippen LogP contribution in [0.5, 0.6) is 0 Å². The number of nitrogens with one attached hydrogen (secondary N) is 2. The zero-order valence-electron chi connectivity index (χ0n) is 11.5. The fraction of sp³-hybridized carbons (Fsp3) is 0.846. The zero-order chi connectivity index (χ0) is 13.8. The van der Waals surface area contributed by atoms with Gasteiger partial charge in [-0.15, -0.1) is 0 Å². The lowest BCUT2D eigenvalue weighted by atomic mass is 9.75. The molecule has 0 heterocycles. The number of carbonyl (C=O) groups excluding carboxylic acids is 2. The van der Waals surface area contributed by atoms with Gasteiger partial charge in [-0.25, -0.2) is 0 Å². The molecule has 2 N–H and O–H groups in total. The topological polar surface area (TPSA) is 58.2 Å². The van der Waals surface area contributed by atoms with E-state index in [2.05, 4.69) is 37.1 Å². The third-order valence-corrected chi connectivity index (χ3v) is 3.79. The molecule has 1 aliphatic rings. The van der Waals surface area contributed by atoms with Gasteiger partial charge in [-0.05, 0) is 24.7 Å². The molecule has 2 unspecified atom stereocenters. The van der Waals surface area contributed by atoms with Gasteiger partial charge in [0.2, 0.25) is 11.8 Å². The molecule has 0 bridgehead atoms. The van der Waals surface area contributed by atoms with Gasteiger partial charge >= 0.3 is 0 Å². The van der Waals surface area contributed by atoms with Crippen molar-refractivity contribution in [2.45, 2.75) is 58.5 Å². The van der Waals surface area contributed by atoms with Crippen LogP contribution in [0.1, 0.15) is 46.5 Å². The second kappa shape index (κ2) is 6.45. The first-order chi connectivity index (χ1) is 8.34. The lowest BCUT2D eigenvalue weighted by molar-refractivity contribution is -0.128. The molecule has 5 heteroatoms. The minimum atomic E-state index is -0.532. The molecule has 0 spiro atoms. The molecule has 0 aromatic heterocycles. The molecule has 0 radical (unpaired) electrons. The van der Waals surface area contributed by atoms with Crippen molar-refractivity contribution in [3.8, 4) is 0 Å².